The zero-order valence-electron chi connectivity index (χ0n) is 13.2. The van der Waals surface area contributed by atoms with E-state index < -0.39 is 17.1 Å². The van der Waals surface area contributed by atoms with Gasteiger partial charge in [0.15, 0.2) is 0 Å². The molecule has 24 heavy (non-hydrogen) atoms. The Labute approximate surface area is 143 Å². The third-order valence-corrected chi connectivity index (χ3v) is 3.46. The summed E-state index contributed by atoms with van der Waals surface area (Å²) in [5.74, 6) is -0.473. The molecule has 0 fully saturated rings. The molecule has 1 aromatic carbocycles. The monoisotopic (exact) mass is 351 g/mol. The van der Waals surface area contributed by atoms with E-state index in [2.05, 4.69) is 9.98 Å². The van der Waals surface area contributed by atoms with E-state index in [1.54, 1.807) is 24.3 Å². The molecular weight excluding hydrogens is 334 g/mol. The van der Waals surface area contributed by atoms with Crippen molar-refractivity contribution in [3.05, 3.63) is 55.7 Å². The van der Waals surface area contributed by atoms with Gasteiger partial charge in [-0.2, -0.15) is 0 Å². The third-order valence-electron chi connectivity index (χ3n) is 3.21. The van der Waals surface area contributed by atoms with Crippen molar-refractivity contribution in [1.82, 2.24) is 9.55 Å². The second-order valence-corrected chi connectivity index (χ2v) is 5.33. The van der Waals surface area contributed by atoms with Crippen molar-refractivity contribution >= 4 is 17.8 Å². The number of aromatic hydroxyl groups is 1. The van der Waals surface area contributed by atoms with Crippen LogP contribution in [0.2, 0.25) is 5.02 Å². The smallest absolute Gasteiger partial charge is 0.335 e. The van der Waals surface area contributed by atoms with Crippen molar-refractivity contribution in [3.8, 4) is 11.6 Å². The van der Waals surface area contributed by atoms with Crippen LogP contribution in [0.25, 0.3) is 5.69 Å². The van der Waals surface area contributed by atoms with Gasteiger partial charge in [0.25, 0.3) is 5.56 Å². The molecular formula is C16H18ClN3O4. The van der Waals surface area contributed by atoms with Gasteiger partial charge >= 0.3 is 5.69 Å². The van der Waals surface area contributed by atoms with Gasteiger partial charge in [-0.25, -0.2) is 9.36 Å². The number of rotatable bonds is 7. The van der Waals surface area contributed by atoms with Gasteiger partial charge < -0.3 is 9.84 Å². The Balaban J connectivity index is 2.31. The molecule has 0 radical (unpaired) electrons. The van der Waals surface area contributed by atoms with E-state index >= 15 is 0 Å². The fourth-order valence-electron chi connectivity index (χ4n) is 2.04. The summed E-state index contributed by atoms with van der Waals surface area (Å²) < 4.78 is 6.17. The molecule has 8 heteroatoms. The molecule has 0 spiro atoms. The van der Waals surface area contributed by atoms with Crippen LogP contribution in [-0.4, -0.2) is 40.6 Å². The van der Waals surface area contributed by atoms with Gasteiger partial charge in [-0.15, -0.1) is 0 Å². The van der Waals surface area contributed by atoms with Gasteiger partial charge in [0.05, 0.1) is 5.69 Å². The lowest BCUT2D eigenvalue weighted by Crippen LogP contribution is -2.31. The highest BCUT2D eigenvalue weighted by atomic mass is 35.5. The van der Waals surface area contributed by atoms with E-state index in [-0.39, 0.29) is 5.56 Å². The molecule has 0 amide bonds. The molecule has 1 heterocycles. The summed E-state index contributed by atoms with van der Waals surface area (Å²) in [6, 6.07) is 6.28. The van der Waals surface area contributed by atoms with E-state index in [9.17, 15) is 14.7 Å². The molecule has 2 N–H and O–H groups in total. The average Bonchev–Trinajstić information content (AvgIpc) is 2.55. The van der Waals surface area contributed by atoms with Crippen molar-refractivity contribution < 1.29 is 9.84 Å². The first kappa shape index (κ1) is 18.0. The Morgan fingerprint density at radius 2 is 2.04 bits per heavy atom. The highest BCUT2D eigenvalue weighted by Gasteiger charge is 2.13. The summed E-state index contributed by atoms with van der Waals surface area (Å²) >= 11 is 5.82. The van der Waals surface area contributed by atoms with Gasteiger partial charge in [-0.05, 0) is 37.6 Å². The van der Waals surface area contributed by atoms with Crippen LogP contribution in [0, 0.1) is 0 Å². The maximum atomic E-state index is 12.0. The topological polar surface area (TPSA) is 96.7 Å². The molecule has 128 valence electrons. The van der Waals surface area contributed by atoms with Gasteiger partial charge in [0.2, 0.25) is 5.88 Å². The summed E-state index contributed by atoms with van der Waals surface area (Å²) in [6.07, 6.45) is 1.95. The van der Waals surface area contributed by atoms with E-state index in [1.807, 2.05) is 6.92 Å². The second kappa shape index (κ2) is 8.47. The fraction of sp³-hybridized carbons (Fsp3) is 0.312. The molecule has 0 saturated carbocycles. The van der Waals surface area contributed by atoms with Crippen LogP contribution in [0.15, 0.2) is 38.8 Å². The molecule has 0 bridgehead atoms. The van der Waals surface area contributed by atoms with Crippen molar-refractivity contribution in [3.63, 3.8) is 0 Å². The van der Waals surface area contributed by atoms with Gasteiger partial charge in [-0.1, -0.05) is 11.6 Å². The van der Waals surface area contributed by atoms with E-state index in [1.165, 1.54) is 6.21 Å². The average molecular weight is 352 g/mol. The van der Waals surface area contributed by atoms with Crippen molar-refractivity contribution in [2.75, 3.05) is 19.8 Å². The lowest BCUT2D eigenvalue weighted by atomic mass is 10.3. The molecule has 0 aliphatic heterocycles. The van der Waals surface area contributed by atoms with Crippen LogP contribution < -0.4 is 11.2 Å². The van der Waals surface area contributed by atoms with Crippen molar-refractivity contribution in [2.45, 2.75) is 13.3 Å². The normalized spacial score (nSPS) is 11.2. The first-order valence-electron chi connectivity index (χ1n) is 7.46. The van der Waals surface area contributed by atoms with Crippen LogP contribution in [0.1, 0.15) is 18.9 Å². The highest BCUT2D eigenvalue weighted by Crippen LogP contribution is 2.17. The summed E-state index contributed by atoms with van der Waals surface area (Å²) in [5, 5.41) is 10.8. The summed E-state index contributed by atoms with van der Waals surface area (Å²) in [6.45, 7) is 3.55. The van der Waals surface area contributed by atoms with E-state index in [4.69, 9.17) is 16.3 Å². The number of benzene rings is 1. The SMILES string of the molecule is CCOCCCN=Cc1c(O)n(-c2ccc(Cl)cc2)c(=O)[nH]c1=O. The second-order valence-electron chi connectivity index (χ2n) is 4.89. The van der Waals surface area contributed by atoms with Crippen LogP contribution in [0.4, 0.5) is 0 Å². The number of aromatic nitrogens is 2. The number of halogens is 1. The number of hydrogen-bond acceptors (Lipinski definition) is 5. The Morgan fingerprint density at radius 3 is 2.71 bits per heavy atom. The maximum Gasteiger partial charge on any atom is 0.335 e. The first-order valence-corrected chi connectivity index (χ1v) is 7.84. The number of nitrogens with one attached hydrogen (secondary N) is 1. The predicted octanol–water partition coefficient (Wildman–Crippen LogP) is 1.73. The zero-order valence-corrected chi connectivity index (χ0v) is 13.9. The van der Waals surface area contributed by atoms with Gasteiger partial charge in [-0.3, -0.25) is 14.8 Å². The minimum Gasteiger partial charge on any atom is -0.493 e. The van der Waals surface area contributed by atoms with Crippen LogP contribution in [0.5, 0.6) is 5.88 Å². The summed E-state index contributed by atoms with van der Waals surface area (Å²) in [4.78, 5) is 30.2. The Hall–Kier alpha value is -2.38. The number of aromatic amines is 1. The number of aliphatic imine (C=N–C) groups is 1. The number of nitrogens with zero attached hydrogens (tertiary/aromatic N) is 2. The molecule has 1 aromatic heterocycles. The molecule has 0 unspecified atom stereocenters. The molecule has 0 atom stereocenters. The van der Waals surface area contributed by atoms with Crippen LogP contribution >= 0.6 is 11.6 Å². The fourth-order valence-corrected chi connectivity index (χ4v) is 2.17. The van der Waals surface area contributed by atoms with E-state index in [0.717, 1.165) is 4.57 Å². The molecule has 2 aromatic rings. The number of ether oxygens (including phenoxy) is 1. The maximum absolute atomic E-state index is 12.0. The van der Waals surface area contributed by atoms with Gasteiger partial charge in [0, 0.05) is 31.0 Å². The number of H-pyrrole nitrogens is 1. The van der Waals surface area contributed by atoms with E-state index in [0.29, 0.717) is 36.9 Å². The molecule has 2 rings (SSSR count). The standard InChI is InChI=1S/C16H18ClN3O4/c1-2-24-9-3-8-18-10-13-14(21)19-16(23)20(15(13)22)12-6-4-11(17)5-7-12/h4-7,10,22H,2-3,8-9H2,1H3,(H,19,21,23). The molecule has 7 nitrogen and oxygen atoms in total. The van der Waals surface area contributed by atoms with Crippen LogP contribution in [-0.2, 0) is 4.74 Å². The minimum atomic E-state index is -0.742. The summed E-state index contributed by atoms with van der Waals surface area (Å²) in [5.41, 5.74) is -1.14. The summed E-state index contributed by atoms with van der Waals surface area (Å²) in [7, 11) is 0. The Bertz CT molecular complexity index is 825. The van der Waals surface area contributed by atoms with Crippen molar-refractivity contribution in [2.24, 2.45) is 4.99 Å². The minimum absolute atomic E-state index is 0.0824. The predicted molar refractivity (Wildman–Crippen MR) is 92.9 cm³/mol. The lowest BCUT2D eigenvalue weighted by molar-refractivity contribution is 0.146. The highest BCUT2D eigenvalue weighted by molar-refractivity contribution is 6.30. The van der Waals surface area contributed by atoms with Crippen molar-refractivity contribution in [1.29, 1.82) is 0 Å². The Morgan fingerprint density at radius 1 is 1.33 bits per heavy atom. The molecule has 0 aliphatic rings. The van der Waals surface area contributed by atoms with Crippen LogP contribution in [0.3, 0.4) is 0 Å². The zero-order chi connectivity index (χ0) is 17.5. The lowest BCUT2D eigenvalue weighted by Gasteiger charge is -2.09. The van der Waals surface area contributed by atoms with Gasteiger partial charge in [0.1, 0.15) is 5.56 Å². The quantitative estimate of drug-likeness (QED) is 0.586. The third kappa shape index (κ3) is 4.33. The number of hydrogen-bond donors (Lipinski definition) is 2. The first-order chi connectivity index (χ1) is 11.5. The Kier molecular flexibility index (Phi) is 6.34. The molecule has 0 aliphatic carbocycles. The largest absolute Gasteiger partial charge is 0.493 e. The molecule has 0 saturated heterocycles.